The Balaban J connectivity index is 1.94. The molecule has 27 heavy (non-hydrogen) atoms. The fourth-order valence-corrected chi connectivity index (χ4v) is 3.32. The molecule has 0 fully saturated rings. The van der Waals surface area contributed by atoms with Crippen LogP contribution in [0.1, 0.15) is 18.1 Å². The molecular formula is C20H26N2O4S. The number of sulfonamides is 1. The summed E-state index contributed by atoms with van der Waals surface area (Å²) in [5.74, 6) is 0.333. The van der Waals surface area contributed by atoms with Crippen molar-refractivity contribution in [2.75, 3.05) is 23.7 Å². The third-order valence-electron chi connectivity index (χ3n) is 3.94. The van der Waals surface area contributed by atoms with Crippen LogP contribution >= 0.6 is 0 Å². The number of amides is 1. The smallest absolute Gasteiger partial charge is 0.241 e. The lowest BCUT2D eigenvalue weighted by Gasteiger charge is -2.23. The van der Waals surface area contributed by atoms with Gasteiger partial charge in [-0.15, -0.1) is 0 Å². The number of carbonyl (C=O) groups excluding carboxylic acids is 1. The zero-order chi connectivity index (χ0) is 20.0. The van der Waals surface area contributed by atoms with E-state index in [1.54, 1.807) is 12.1 Å². The number of hydrogen-bond acceptors (Lipinski definition) is 4. The molecule has 2 rings (SSSR count). The van der Waals surface area contributed by atoms with E-state index in [-0.39, 0.29) is 25.1 Å². The largest absolute Gasteiger partial charge is 0.491 e. The lowest BCUT2D eigenvalue weighted by Crippen LogP contribution is -2.44. The second-order valence-corrected chi connectivity index (χ2v) is 8.60. The highest BCUT2D eigenvalue weighted by Crippen LogP contribution is 2.18. The summed E-state index contributed by atoms with van der Waals surface area (Å²) in [5.41, 5.74) is 2.61. The molecule has 0 aliphatic carbocycles. The van der Waals surface area contributed by atoms with Gasteiger partial charge in [-0.2, -0.15) is 0 Å². The van der Waals surface area contributed by atoms with E-state index in [0.717, 1.165) is 27.4 Å². The molecule has 1 unspecified atom stereocenters. The predicted octanol–water partition coefficient (Wildman–Crippen LogP) is 2.65. The number of hydrogen-bond donors (Lipinski definition) is 1. The third-order valence-corrected chi connectivity index (χ3v) is 5.08. The number of aryl methyl sites for hydroxylation is 2. The second-order valence-electron chi connectivity index (χ2n) is 6.70. The molecule has 7 heteroatoms. The normalized spacial score (nSPS) is 12.3. The standard InChI is InChI=1S/C20H26N2O4S/c1-15-5-9-18(10-6-15)22(27(4,24)25)13-20(23)21-17(3)14-26-19-11-7-16(2)8-12-19/h5-12,17H,13-14H2,1-4H3,(H,21,23). The Morgan fingerprint density at radius 3 is 2.07 bits per heavy atom. The molecule has 0 aliphatic rings. The van der Waals surface area contributed by atoms with Gasteiger partial charge in [0.25, 0.3) is 0 Å². The second kappa shape index (κ2) is 8.90. The van der Waals surface area contributed by atoms with E-state index in [1.807, 2.05) is 57.2 Å². The third kappa shape index (κ3) is 6.60. The van der Waals surface area contributed by atoms with Crippen molar-refractivity contribution in [1.29, 1.82) is 0 Å². The first-order chi connectivity index (χ1) is 12.6. The molecule has 146 valence electrons. The van der Waals surface area contributed by atoms with Crippen molar-refractivity contribution >= 4 is 21.6 Å². The van der Waals surface area contributed by atoms with Gasteiger partial charge in [0.15, 0.2) is 0 Å². The van der Waals surface area contributed by atoms with Gasteiger partial charge in [-0.25, -0.2) is 8.42 Å². The van der Waals surface area contributed by atoms with E-state index in [1.165, 1.54) is 0 Å². The fourth-order valence-electron chi connectivity index (χ4n) is 2.46. The summed E-state index contributed by atoms with van der Waals surface area (Å²) < 4.78 is 30.9. The summed E-state index contributed by atoms with van der Waals surface area (Å²) in [7, 11) is -3.58. The van der Waals surface area contributed by atoms with Crippen LogP contribution in [-0.4, -0.2) is 39.8 Å². The molecule has 0 heterocycles. The zero-order valence-electron chi connectivity index (χ0n) is 16.1. The van der Waals surface area contributed by atoms with E-state index in [4.69, 9.17) is 4.74 Å². The number of carbonyl (C=O) groups is 1. The predicted molar refractivity (Wildman–Crippen MR) is 108 cm³/mol. The van der Waals surface area contributed by atoms with E-state index in [2.05, 4.69) is 5.32 Å². The van der Waals surface area contributed by atoms with E-state index in [0.29, 0.717) is 5.69 Å². The molecule has 1 atom stereocenters. The molecule has 6 nitrogen and oxygen atoms in total. The monoisotopic (exact) mass is 390 g/mol. The number of benzene rings is 2. The molecule has 0 saturated carbocycles. The van der Waals surface area contributed by atoms with Crippen molar-refractivity contribution in [1.82, 2.24) is 5.32 Å². The van der Waals surface area contributed by atoms with E-state index >= 15 is 0 Å². The summed E-state index contributed by atoms with van der Waals surface area (Å²) in [6.45, 7) is 5.73. The van der Waals surface area contributed by atoms with Crippen LogP contribution in [0.4, 0.5) is 5.69 Å². The molecule has 0 aromatic heterocycles. The first-order valence-corrected chi connectivity index (χ1v) is 10.5. The average molecular weight is 391 g/mol. The molecule has 1 N–H and O–H groups in total. The minimum atomic E-state index is -3.58. The van der Waals surface area contributed by atoms with Gasteiger partial charge in [0.2, 0.25) is 15.9 Å². The maximum Gasteiger partial charge on any atom is 0.241 e. The zero-order valence-corrected chi connectivity index (χ0v) is 16.9. The lowest BCUT2D eigenvalue weighted by molar-refractivity contribution is -0.120. The van der Waals surface area contributed by atoms with Gasteiger partial charge in [0.05, 0.1) is 18.0 Å². The van der Waals surface area contributed by atoms with Crippen LogP contribution in [-0.2, 0) is 14.8 Å². The fraction of sp³-hybridized carbons (Fsp3) is 0.350. The van der Waals surface area contributed by atoms with Gasteiger partial charge in [0.1, 0.15) is 18.9 Å². The van der Waals surface area contributed by atoms with Gasteiger partial charge in [-0.05, 0) is 45.0 Å². The highest BCUT2D eigenvalue weighted by Gasteiger charge is 2.21. The maximum absolute atomic E-state index is 12.3. The van der Waals surface area contributed by atoms with Crippen LogP contribution in [0.5, 0.6) is 5.75 Å². The molecule has 0 bridgehead atoms. The highest BCUT2D eigenvalue weighted by atomic mass is 32.2. The van der Waals surface area contributed by atoms with Crippen LogP contribution in [0, 0.1) is 13.8 Å². The van der Waals surface area contributed by atoms with E-state index in [9.17, 15) is 13.2 Å². The van der Waals surface area contributed by atoms with Crippen LogP contribution < -0.4 is 14.4 Å². The minimum Gasteiger partial charge on any atom is -0.491 e. The number of rotatable bonds is 8. The Morgan fingerprint density at radius 1 is 1.04 bits per heavy atom. The lowest BCUT2D eigenvalue weighted by atomic mass is 10.2. The SMILES string of the molecule is Cc1ccc(OCC(C)NC(=O)CN(c2ccc(C)cc2)S(C)(=O)=O)cc1. The Kier molecular flexibility index (Phi) is 6.85. The first kappa shape index (κ1) is 20.8. The quantitative estimate of drug-likeness (QED) is 0.752. The molecule has 0 radical (unpaired) electrons. The van der Waals surface area contributed by atoms with Gasteiger partial charge in [-0.1, -0.05) is 35.4 Å². The highest BCUT2D eigenvalue weighted by molar-refractivity contribution is 7.92. The van der Waals surface area contributed by atoms with Crippen molar-refractivity contribution in [3.63, 3.8) is 0 Å². The van der Waals surface area contributed by atoms with Crippen molar-refractivity contribution in [3.05, 3.63) is 59.7 Å². The number of nitrogens with one attached hydrogen (secondary N) is 1. The first-order valence-electron chi connectivity index (χ1n) is 8.68. The molecule has 0 spiro atoms. The Hall–Kier alpha value is -2.54. The molecule has 2 aromatic carbocycles. The number of nitrogens with zero attached hydrogens (tertiary/aromatic N) is 1. The van der Waals surface area contributed by atoms with Gasteiger partial charge < -0.3 is 10.1 Å². The summed E-state index contributed by atoms with van der Waals surface area (Å²) in [4.78, 5) is 12.3. The average Bonchev–Trinajstić information content (AvgIpc) is 2.59. The Labute approximate surface area is 161 Å². The molecule has 0 aliphatic heterocycles. The Morgan fingerprint density at radius 2 is 1.56 bits per heavy atom. The van der Waals surface area contributed by atoms with Crippen molar-refractivity contribution in [2.24, 2.45) is 0 Å². The molecule has 2 aromatic rings. The van der Waals surface area contributed by atoms with Crippen molar-refractivity contribution in [2.45, 2.75) is 26.8 Å². The molecule has 1 amide bonds. The summed E-state index contributed by atoms with van der Waals surface area (Å²) in [6.07, 6.45) is 1.09. The topological polar surface area (TPSA) is 75.7 Å². The van der Waals surface area contributed by atoms with Crippen LogP contribution in [0.2, 0.25) is 0 Å². The number of ether oxygens (including phenoxy) is 1. The Bertz CT molecular complexity index is 862. The summed E-state index contributed by atoms with van der Waals surface area (Å²) in [5, 5.41) is 2.78. The maximum atomic E-state index is 12.3. The van der Waals surface area contributed by atoms with Crippen molar-refractivity contribution < 1.29 is 17.9 Å². The van der Waals surface area contributed by atoms with E-state index < -0.39 is 10.0 Å². The molecule has 0 saturated heterocycles. The van der Waals surface area contributed by atoms with Crippen molar-refractivity contribution in [3.8, 4) is 5.75 Å². The van der Waals surface area contributed by atoms with Gasteiger partial charge >= 0.3 is 0 Å². The number of anilines is 1. The van der Waals surface area contributed by atoms with Gasteiger partial charge in [0, 0.05) is 0 Å². The van der Waals surface area contributed by atoms with Crippen LogP contribution in [0.3, 0.4) is 0 Å². The van der Waals surface area contributed by atoms with Crippen LogP contribution in [0.25, 0.3) is 0 Å². The summed E-state index contributed by atoms with van der Waals surface area (Å²) in [6, 6.07) is 14.4. The molecular weight excluding hydrogens is 364 g/mol. The van der Waals surface area contributed by atoms with Crippen LogP contribution in [0.15, 0.2) is 48.5 Å². The minimum absolute atomic E-state index is 0.266. The summed E-state index contributed by atoms with van der Waals surface area (Å²) >= 11 is 0. The van der Waals surface area contributed by atoms with Gasteiger partial charge in [-0.3, -0.25) is 9.10 Å².